The van der Waals surface area contributed by atoms with E-state index >= 15 is 0 Å². The Labute approximate surface area is 119 Å². The minimum Gasteiger partial charge on any atom is -0.394 e. The summed E-state index contributed by atoms with van der Waals surface area (Å²) in [7, 11) is 0. The van der Waals surface area contributed by atoms with Gasteiger partial charge in [-0.25, -0.2) is 15.0 Å². The normalized spacial score (nSPS) is 25.1. The molecule has 3 rings (SSSR count). The second kappa shape index (κ2) is 5.52. The zero-order valence-corrected chi connectivity index (χ0v) is 11.1. The highest BCUT2D eigenvalue weighted by molar-refractivity contribution is 5.81. The van der Waals surface area contributed by atoms with Crippen LogP contribution in [0.1, 0.15) is 12.6 Å². The van der Waals surface area contributed by atoms with Crippen LogP contribution in [0.2, 0.25) is 0 Å². The van der Waals surface area contributed by atoms with Gasteiger partial charge in [-0.1, -0.05) is 5.11 Å². The number of aliphatic hydroxyl groups excluding tert-OH is 1. The number of imidazole rings is 1. The standard InChI is InChI=1S/C11H14N8O2/c12-10-9-11(15-4-14-10)19(5-16-9)8-1-6(2-17-18-13)7(3-20)21-8/h4-8,20H,1-3H2,(H2,12,14,15)/t6?,7-,8-/m1/s1. The van der Waals surface area contributed by atoms with E-state index in [2.05, 4.69) is 25.0 Å². The third kappa shape index (κ3) is 2.35. The Kier molecular flexibility index (Phi) is 3.57. The van der Waals surface area contributed by atoms with Crippen LogP contribution in [0.15, 0.2) is 17.8 Å². The van der Waals surface area contributed by atoms with Gasteiger partial charge >= 0.3 is 0 Å². The lowest BCUT2D eigenvalue weighted by molar-refractivity contribution is -0.0284. The smallest absolute Gasteiger partial charge is 0.167 e. The van der Waals surface area contributed by atoms with Crippen LogP contribution in [0.5, 0.6) is 0 Å². The number of nitrogen functional groups attached to an aromatic ring is 1. The zero-order chi connectivity index (χ0) is 14.8. The Balaban J connectivity index is 1.89. The SMILES string of the molecule is [N-]=[N+]=NCC1C[C@H](n2cnc3c(N)ncnc32)O[C@@H]1CO. The number of fused-ring (bicyclic) bond motifs is 1. The maximum absolute atomic E-state index is 9.38. The first-order chi connectivity index (χ1) is 10.2. The molecule has 2 aromatic rings. The molecule has 0 bridgehead atoms. The van der Waals surface area contributed by atoms with E-state index in [1.54, 1.807) is 10.9 Å². The molecule has 3 atom stereocenters. The molecule has 0 spiro atoms. The van der Waals surface area contributed by atoms with Crippen molar-refractivity contribution >= 4 is 17.0 Å². The highest BCUT2D eigenvalue weighted by atomic mass is 16.5. The number of hydrogen-bond acceptors (Lipinski definition) is 7. The topological polar surface area (TPSA) is 148 Å². The number of rotatable bonds is 4. The summed E-state index contributed by atoms with van der Waals surface area (Å²) in [6, 6.07) is 0. The minimum absolute atomic E-state index is 0.0486. The van der Waals surface area contributed by atoms with Gasteiger partial charge in [0.1, 0.15) is 18.1 Å². The molecule has 0 aromatic carbocycles. The molecule has 1 unspecified atom stereocenters. The zero-order valence-electron chi connectivity index (χ0n) is 11.1. The predicted molar refractivity (Wildman–Crippen MR) is 72.9 cm³/mol. The molecule has 10 heteroatoms. The van der Waals surface area contributed by atoms with E-state index in [-0.39, 0.29) is 31.4 Å². The van der Waals surface area contributed by atoms with Crippen LogP contribution < -0.4 is 5.73 Å². The predicted octanol–water partition coefficient (Wildman–Crippen LogP) is 0.615. The van der Waals surface area contributed by atoms with Crippen LogP contribution in [0.4, 0.5) is 5.82 Å². The van der Waals surface area contributed by atoms with Crippen molar-refractivity contribution in [3.63, 3.8) is 0 Å². The van der Waals surface area contributed by atoms with Crippen molar-refractivity contribution in [2.75, 3.05) is 18.9 Å². The van der Waals surface area contributed by atoms with Crippen molar-refractivity contribution in [3.05, 3.63) is 23.1 Å². The van der Waals surface area contributed by atoms with E-state index in [0.29, 0.717) is 23.4 Å². The number of hydrogen-bond donors (Lipinski definition) is 2. The first-order valence-electron chi connectivity index (χ1n) is 6.44. The Morgan fingerprint density at radius 1 is 1.52 bits per heavy atom. The Hall–Kier alpha value is -2.42. The third-order valence-corrected chi connectivity index (χ3v) is 3.62. The Bertz CT molecular complexity index is 695. The molecule has 1 saturated heterocycles. The second-order valence-corrected chi connectivity index (χ2v) is 4.80. The second-order valence-electron chi connectivity index (χ2n) is 4.80. The molecule has 3 N–H and O–H groups in total. The molecule has 1 fully saturated rings. The van der Waals surface area contributed by atoms with Crippen molar-refractivity contribution in [2.24, 2.45) is 11.0 Å². The molecule has 0 aliphatic carbocycles. The van der Waals surface area contributed by atoms with Crippen molar-refractivity contribution in [1.82, 2.24) is 19.5 Å². The molecule has 10 nitrogen and oxygen atoms in total. The van der Waals surface area contributed by atoms with Gasteiger partial charge in [0.2, 0.25) is 0 Å². The Morgan fingerprint density at radius 2 is 2.38 bits per heavy atom. The summed E-state index contributed by atoms with van der Waals surface area (Å²) >= 11 is 0. The van der Waals surface area contributed by atoms with E-state index in [1.807, 2.05) is 0 Å². The summed E-state index contributed by atoms with van der Waals surface area (Å²) in [6.45, 7) is 0.147. The summed E-state index contributed by atoms with van der Waals surface area (Å²) in [5, 5.41) is 12.9. The average molecular weight is 290 g/mol. The van der Waals surface area contributed by atoms with Crippen molar-refractivity contribution in [3.8, 4) is 0 Å². The van der Waals surface area contributed by atoms with Gasteiger partial charge in [-0.2, -0.15) is 0 Å². The summed E-state index contributed by atoms with van der Waals surface area (Å²) in [4.78, 5) is 15.0. The maximum Gasteiger partial charge on any atom is 0.167 e. The van der Waals surface area contributed by atoms with Gasteiger partial charge in [-0.3, -0.25) is 4.57 Å². The monoisotopic (exact) mass is 290 g/mol. The molecule has 0 saturated carbocycles. The fraction of sp³-hybridized carbons (Fsp3) is 0.545. The Morgan fingerprint density at radius 3 is 3.14 bits per heavy atom. The molecule has 0 radical (unpaired) electrons. The first kappa shape index (κ1) is 13.6. The highest BCUT2D eigenvalue weighted by Gasteiger charge is 2.36. The minimum atomic E-state index is -0.378. The summed E-state index contributed by atoms with van der Waals surface area (Å²) in [6.07, 6.45) is 2.84. The lowest BCUT2D eigenvalue weighted by Gasteiger charge is -2.14. The van der Waals surface area contributed by atoms with E-state index in [4.69, 9.17) is 16.0 Å². The number of ether oxygens (including phenoxy) is 1. The van der Waals surface area contributed by atoms with Gasteiger partial charge in [-0.15, -0.1) is 0 Å². The number of aliphatic hydroxyl groups is 1. The average Bonchev–Trinajstić information content (AvgIpc) is 3.09. The third-order valence-electron chi connectivity index (χ3n) is 3.62. The molecule has 110 valence electrons. The van der Waals surface area contributed by atoms with Crippen LogP contribution in [0.3, 0.4) is 0 Å². The van der Waals surface area contributed by atoms with Crippen molar-refractivity contribution in [2.45, 2.75) is 18.8 Å². The van der Waals surface area contributed by atoms with Gasteiger partial charge < -0.3 is 15.6 Å². The van der Waals surface area contributed by atoms with Crippen LogP contribution in [0.25, 0.3) is 21.6 Å². The number of aromatic nitrogens is 4. The molecular weight excluding hydrogens is 276 g/mol. The first-order valence-corrected chi connectivity index (χ1v) is 6.44. The van der Waals surface area contributed by atoms with Crippen LogP contribution >= 0.6 is 0 Å². The lowest BCUT2D eigenvalue weighted by Crippen LogP contribution is -2.22. The molecule has 1 aliphatic rings. The summed E-state index contributed by atoms with van der Waals surface area (Å²) in [5.41, 5.74) is 15.3. The largest absolute Gasteiger partial charge is 0.394 e. The fourth-order valence-corrected chi connectivity index (χ4v) is 2.56. The van der Waals surface area contributed by atoms with Crippen LogP contribution in [-0.2, 0) is 4.74 Å². The van der Waals surface area contributed by atoms with Crippen molar-refractivity contribution < 1.29 is 9.84 Å². The highest BCUT2D eigenvalue weighted by Crippen LogP contribution is 2.35. The van der Waals surface area contributed by atoms with E-state index in [0.717, 1.165) is 0 Å². The molecule has 21 heavy (non-hydrogen) atoms. The van der Waals surface area contributed by atoms with Gasteiger partial charge in [0.05, 0.1) is 19.0 Å². The lowest BCUT2D eigenvalue weighted by atomic mass is 10.0. The number of anilines is 1. The van der Waals surface area contributed by atoms with Gasteiger partial charge in [-0.05, 0) is 17.9 Å². The van der Waals surface area contributed by atoms with Gasteiger partial charge in [0.15, 0.2) is 11.5 Å². The number of nitrogens with zero attached hydrogens (tertiary/aromatic N) is 7. The van der Waals surface area contributed by atoms with E-state index < -0.39 is 0 Å². The molecule has 1 aliphatic heterocycles. The summed E-state index contributed by atoms with van der Waals surface area (Å²) in [5.74, 6) is 0.258. The number of azide groups is 1. The molecular formula is C11H14N8O2. The van der Waals surface area contributed by atoms with Crippen LogP contribution in [0, 0.1) is 5.92 Å². The summed E-state index contributed by atoms with van der Waals surface area (Å²) < 4.78 is 7.56. The quantitative estimate of drug-likeness (QED) is 0.479. The maximum atomic E-state index is 9.38. The number of nitrogens with two attached hydrogens (primary N) is 1. The molecule has 2 aromatic heterocycles. The fourth-order valence-electron chi connectivity index (χ4n) is 2.56. The van der Waals surface area contributed by atoms with E-state index in [1.165, 1.54) is 6.33 Å². The molecule has 0 amide bonds. The molecule has 3 heterocycles. The van der Waals surface area contributed by atoms with Gasteiger partial charge in [0, 0.05) is 11.5 Å². The van der Waals surface area contributed by atoms with Gasteiger partial charge in [0.25, 0.3) is 0 Å². The van der Waals surface area contributed by atoms with E-state index in [9.17, 15) is 5.11 Å². The van der Waals surface area contributed by atoms with Crippen LogP contribution in [-0.4, -0.2) is 43.9 Å². The van der Waals surface area contributed by atoms with Crippen molar-refractivity contribution in [1.29, 1.82) is 0 Å².